The number of hydrogen-bond donors (Lipinski definition) is 3. The van der Waals surface area contributed by atoms with E-state index in [9.17, 15) is 9.90 Å². The van der Waals surface area contributed by atoms with E-state index in [1.807, 2.05) is 41.6 Å². The molecule has 7 heteroatoms. The maximum atomic E-state index is 11.3. The normalized spacial score (nSPS) is 11.4. The molecule has 0 bridgehead atoms. The summed E-state index contributed by atoms with van der Waals surface area (Å²) in [7, 11) is 0. The van der Waals surface area contributed by atoms with E-state index in [4.69, 9.17) is 4.74 Å². The predicted molar refractivity (Wildman–Crippen MR) is 98.2 cm³/mol. The summed E-state index contributed by atoms with van der Waals surface area (Å²) in [6.45, 7) is 2.34. The molecule has 0 unspecified atom stereocenters. The van der Waals surface area contributed by atoms with Gasteiger partial charge in [-0.15, -0.1) is 0 Å². The molecule has 0 fully saturated rings. The number of H-pyrrole nitrogens is 2. The van der Waals surface area contributed by atoms with Gasteiger partial charge in [0.2, 0.25) is 0 Å². The number of benzene rings is 2. The quantitative estimate of drug-likeness (QED) is 0.444. The minimum absolute atomic E-state index is 0.135. The minimum atomic E-state index is -0.240. The van der Waals surface area contributed by atoms with Gasteiger partial charge in [0, 0.05) is 6.21 Å². The summed E-state index contributed by atoms with van der Waals surface area (Å²) in [5.74, 6) is 0.571. The van der Waals surface area contributed by atoms with Crippen LogP contribution in [-0.4, -0.2) is 27.9 Å². The van der Waals surface area contributed by atoms with Crippen molar-refractivity contribution in [1.82, 2.24) is 9.97 Å². The third kappa shape index (κ3) is 3.39. The maximum absolute atomic E-state index is 11.3. The Hall–Kier alpha value is -2.29. The van der Waals surface area contributed by atoms with E-state index >= 15 is 0 Å². The van der Waals surface area contributed by atoms with Gasteiger partial charge in [-0.25, -0.2) is 4.79 Å². The summed E-state index contributed by atoms with van der Waals surface area (Å²) >= 11 is 2.05. The van der Waals surface area contributed by atoms with E-state index in [2.05, 4.69) is 15.0 Å². The number of aromatic amines is 2. The molecule has 0 spiro atoms. The Morgan fingerprint density at radius 2 is 2.04 bits per heavy atom. The lowest BCUT2D eigenvalue weighted by molar-refractivity contribution is 0.317. The first-order chi connectivity index (χ1) is 11.1. The Balaban J connectivity index is 1.92. The van der Waals surface area contributed by atoms with E-state index in [-0.39, 0.29) is 11.4 Å². The molecule has 0 amide bonds. The number of aromatic nitrogens is 2. The summed E-state index contributed by atoms with van der Waals surface area (Å²) in [4.78, 5) is 21.1. The van der Waals surface area contributed by atoms with Crippen molar-refractivity contribution in [3.05, 3.63) is 49.9 Å². The van der Waals surface area contributed by atoms with Crippen LogP contribution in [0.2, 0.25) is 0 Å². The molecular formula is C16H14IN3O3. The molecule has 6 nitrogen and oxygen atoms in total. The molecule has 3 rings (SSSR count). The monoisotopic (exact) mass is 423 g/mol. The SMILES string of the molecule is CCOc1cc(C=Nc2ccc3[nH]c(=O)[nH]c3c2)cc(I)c1O. The van der Waals surface area contributed by atoms with Crippen molar-refractivity contribution in [2.45, 2.75) is 6.92 Å². The number of nitrogens with one attached hydrogen (secondary N) is 2. The summed E-state index contributed by atoms with van der Waals surface area (Å²) in [5, 5.41) is 9.94. The number of halogens is 1. The van der Waals surface area contributed by atoms with Crippen molar-refractivity contribution in [2.75, 3.05) is 6.61 Å². The highest BCUT2D eigenvalue weighted by Crippen LogP contribution is 2.32. The molecular weight excluding hydrogens is 409 g/mol. The van der Waals surface area contributed by atoms with Crippen LogP contribution >= 0.6 is 22.6 Å². The minimum Gasteiger partial charge on any atom is -0.504 e. The van der Waals surface area contributed by atoms with Gasteiger partial charge in [0.15, 0.2) is 11.5 Å². The van der Waals surface area contributed by atoms with Crippen LogP contribution in [0.1, 0.15) is 12.5 Å². The molecule has 1 aromatic heterocycles. The van der Waals surface area contributed by atoms with Gasteiger partial charge in [0.1, 0.15) is 0 Å². The van der Waals surface area contributed by atoms with E-state index in [1.165, 1.54) is 0 Å². The number of phenols is 1. The third-order valence-electron chi connectivity index (χ3n) is 3.21. The van der Waals surface area contributed by atoms with Crippen molar-refractivity contribution >= 4 is 45.5 Å². The highest BCUT2D eigenvalue weighted by atomic mass is 127. The maximum Gasteiger partial charge on any atom is 0.323 e. The van der Waals surface area contributed by atoms with Crippen LogP contribution in [0.4, 0.5) is 5.69 Å². The van der Waals surface area contributed by atoms with Crippen LogP contribution in [0, 0.1) is 3.57 Å². The van der Waals surface area contributed by atoms with Crippen molar-refractivity contribution in [3.8, 4) is 11.5 Å². The van der Waals surface area contributed by atoms with Gasteiger partial charge < -0.3 is 19.8 Å². The molecule has 118 valence electrons. The zero-order valence-electron chi connectivity index (χ0n) is 12.3. The summed E-state index contributed by atoms with van der Waals surface area (Å²) in [5.41, 5.74) is 2.74. The lowest BCUT2D eigenvalue weighted by Crippen LogP contribution is -1.99. The number of aliphatic imine (C=N–C) groups is 1. The Kier molecular flexibility index (Phi) is 4.37. The first-order valence-corrected chi connectivity index (χ1v) is 8.06. The molecule has 2 aromatic carbocycles. The van der Waals surface area contributed by atoms with Crippen LogP contribution in [0.5, 0.6) is 11.5 Å². The number of aromatic hydroxyl groups is 1. The molecule has 0 aliphatic rings. The first kappa shape index (κ1) is 15.6. The fourth-order valence-corrected chi connectivity index (χ4v) is 2.81. The smallest absolute Gasteiger partial charge is 0.323 e. The summed E-state index contributed by atoms with van der Waals surface area (Å²) in [6, 6.07) is 8.96. The third-order valence-corrected chi connectivity index (χ3v) is 4.04. The van der Waals surface area contributed by atoms with Crippen molar-refractivity contribution < 1.29 is 9.84 Å². The second-order valence-corrected chi connectivity index (χ2v) is 6.01. The van der Waals surface area contributed by atoms with Gasteiger partial charge in [0.05, 0.1) is 26.9 Å². The fraction of sp³-hybridized carbons (Fsp3) is 0.125. The molecule has 0 atom stereocenters. The van der Waals surface area contributed by atoms with Gasteiger partial charge in [0.25, 0.3) is 0 Å². The van der Waals surface area contributed by atoms with Crippen LogP contribution in [0.25, 0.3) is 11.0 Å². The average Bonchev–Trinajstić information content (AvgIpc) is 2.89. The zero-order valence-corrected chi connectivity index (χ0v) is 14.4. The van der Waals surface area contributed by atoms with Gasteiger partial charge in [-0.2, -0.15) is 0 Å². The predicted octanol–water partition coefficient (Wildman–Crippen LogP) is 3.32. The number of rotatable bonds is 4. The Bertz CT molecular complexity index is 943. The Labute approximate surface area is 145 Å². The van der Waals surface area contributed by atoms with Crippen LogP contribution in [0.15, 0.2) is 40.1 Å². The highest BCUT2D eigenvalue weighted by Gasteiger charge is 2.08. The number of hydrogen-bond acceptors (Lipinski definition) is 4. The van der Waals surface area contributed by atoms with Gasteiger partial charge >= 0.3 is 5.69 Å². The van der Waals surface area contributed by atoms with Crippen molar-refractivity contribution in [3.63, 3.8) is 0 Å². The van der Waals surface area contributed by atoms with Crippen molar-refractivity contribution in [1.29, 1.82) is 0 Å². The lowest BCUT2D eigenvalue weighted by atomic mass is 10.2. The van der Waals surface area contributed by atoms with Crippen LogP contribution in [-0.2, 0) is 0 Å². The van der Waals surface area contributed by atoms with E-state index < -0.39 is 0 Å². The average molecular weight is 423 g/mol. The highest BCUT2D eigenvalue weighted by molar-refractivity contribution is 14.1. The number of fused-ring (bicyclic) bond motifs is 1. The number of nitrogens with zero attached hydrogens (tertiary/aromatic N) is 1. The molecule has 3 aromatic rings. The standard InChI is InChI=1S/C16H14IN3O3/c1-2-23-14-6-9(5-11(17)15(14)21)8-18-10-3-4-12-13(7-10)20-16(22)19-12/h3-8,21H,2H2,1H3,(H2,19,20,22). The first-order valence-electron chi connectivity index (χ1n) is 6.98. The summed E-state index contributed by atoms with van der Waals surface area (Å²) in [6.07, 6.45) is 1.69. The topological polar surface area (TPSA) is 90.5 Å². The molecule has 0 saturated heterocycles. The molecule has 23 heavy (non-hydrogen) atoms. The van der Waals surface area contributed by atoms with Crippen LogP contribution < -0.4 is 10.4 Å². The molecule has 3 N–H and O–H groups in total. The number of ether oxygens (including phenoxy) is 1. The Morgan fingerprint density at radius 1 is 1.26 bits per heavy atom. The van der Waals surface area contributed by atoms with E-state index in [0.717, 1.165) is 11.1 Å². The summed E-state index contributed by atoms with van der Waals surface area (Å²) < 4.78 is 6.11. The van der Waals surface area contributed by atoms with Crippen LogP contribution in [0.3, 0.4) is 0 Å². The van der Waals surface area contributed by atoms with Gasteiger partial charge in [-0.3, -0.25) is 4.99 Å². The molecule has 1 heterocycles. The zero-order chi connectivity index (χ0) is 16.4. The number of phenolic OH excluding ortho intramolecular Hbond substituents is 1. The molecule has 0 aliphatic carbocycles. The van der Waals surface area contributed by atoms with Crippen molar-refractivity contribution in [2.24, 2.45) is 4.99 Å². The lowest BCUT2D eigenvalue weighted by Gasteiger charge is -2.08. The molecule has 0 saturated carbocycles. The van der Waals surface area contributed by atoms with E-state index in [0.29, 0.717) is 27.1 Å². The van der Waals surface area contributed by atoms with Gasteiger partial charge in [-0.1, -0.05) is 0 Å². The Morgan fingerprint density at radius 3 is 2.83 bits per heavy atom. The largest absolute Gasteiger partial charge is 0.504 e. The van der Waals surface area contributed by atoms with Gasteiger partial charge in [-0.05, 0) is 65.4 Å². The molecule has 0 radical (unpaired) electrons. The van der Waals surface area contributed by atoms with E-state index in [1.54, 1.807) is 24.4 Å². The number of imidazole rings is 1. The second kappa shape index (κ2) is 6.45. The fourth-order valence-electron chi connectivity index (χ4n) is 2.18. The molecule has 0 aliphatic heterocycles. The second-order valence-electron chi connectivity index (χ2n) is 4.85.